The van der Waals surface area contributed by atoms with Crippen LogP contribution in [0.5, 0.6) is 0 Å². The third kappa shape index (κ3) is 4.02. The van der Waals surface area contributed by atoms with E-state index >= 15 is 0 Å². The molecule has 2 atom stereocenters. The van der Waals surface area contributed by atoms with Gasteiger partial charge in [-0.1, -0.05) is 32.4 Å². The van der Waals surface area contributed by atoms with Gasteiger partial charge in [-0.25, -0.2) is 13.6 Å². The molecule has 1 aromatic carbocycles. The molecule has 1 aliphatic rings. The second-order valence-corrected chi connectivity index (χ2v) is 8.28. The molecule has 1 aromatic rings. The maximum absolute atomic E-state index is 12.0. The molecule has 22 heavy (non-hydrogen) atoms. The van der Waals surface area contributed by atoms with Crippen molar-refractivity contribution >= 4 is 27.7 Å². The number of thioether (sulfide) groups is 1. The second kappa shape index (κ2) is 7.02. The Bertz CT molecular complexity index is 629. The molecule has 2 unspecified atom stereocenters. The van der Waals surface area contributed by atoms with Gasteiger partial charge in [0.2, 0.25) is 15.9 Å². The van der Waals surface area contributed by atoms with Crippen LogP contribution in [0.15, 0.2) is 29.2 Å². The van der Waals surface area contributed by atoms with Gasteiger partial charge in [-0.05, 0) is 30.0 Å². The van der Waals surface area contributed by atoms with Gasteiger partial charge in [0, 0.05) is 6.54 Å². The Morgan fingerprint density at radius 2 is 2.00 bits per heavy atom. The van der Waals surface area contributed by atoms with Crippen molar-refractivity contribution in [3.63, 3.8) is 0 Å². The van der Waals surface area contributed by atoms with Gasteiger partial charge in [-0.15, -0.1) is 11.8 Å². The molecule has 0 aliphatic carbocycles. The average molecular weight is 342 g/mol. The Balaban J connectivity index is 2.01. The first kappa shape index (κ1) is 17.3. The van der Waals surface area contributed by atoms with E-state index in [4.69, 9.17) is 5.14 Å². The summed E-state index contributed by atoms with van der Waals surface area (Å²) in [6.45, 7) is 4.97. The predicted octanol–water partition coefficient (Wildman–Crippen LogP) is 1.82. The molecule has 2 rings (SSSR count). The molecule has 1 amide bonds. The second-order valence-electron chi connectivity index (χ2n) is 5.61. The first-order valence-corrected chi connectivity index (χ1v) is 9.95. The van der Waals surface area contributed by atoms with Crippen LogP contribution in [0.2, 0.25) is 0 Å². The van der Waals surface area contributed by atoms with E-state index in [0.29, 0.717) is 24.6 Å². The van der Waals surface area contributed by atoms with Crippen molar-refractivity contribution in [3.05, 3.63) is 29.8 Å². The first-order chi connectivity index (χ1) is 10.3. The Labute approximate surface area is 136 Å². The summed E-state index contributed by atoms with van der Waals surface area (Å²) in [7, 11) is -3.65. The highest BCUT2D eigenvalue weighted by Gasteiger charge is 2.34. The van der Waals surface area contributed by atoms with Gasteiger partial charge in [0.15, 0.2) is 0 Å². The predicted molar refractivity (Wildman–Crippen MR) is 88.9 cm³/mol. The van der Waals surface area contributed by atoms with E-state index in [1.165, 1.54) is 12.1 Å². The minimum absolute atomic E-state index is 0.113. The summed E-state index contributed by atoms with van der Waals surface area (Å²) in [6.07, 6.45) is 1.76. The number of carbonyl (C=O) groups excluding carboxylic acids is 1. The summed E-state index contributed by atoms with van der Waals surface area (Å²) in [6, 6.07) is 6.53. The number of nitrogens with zero attached hydrogens (tertiary/aromatic N) is 1. The van der Waals surface area contributed by atoms with Crippen LogP contribution in [0.4, 0.5) is 0 Å². The van der Waals surface area contributed by atoms with Crippen LogP contribution in [0, 0.1) is 5.92 Å². The van der Waals surface area contributed by atoms with Crippen LogP contribution in [0.1, 0.15) is 25.8 Å². The number of rotatable bonds is 6. The van der Waals surface area contributed by atoms with Gasteiger partial charge in [-0.2, -0.15) is 0 Å². The van der Waals surface area contributed by atoms with Gasteiger partial charge in [-0.3, -0.25) is 4.79 Å². The summed E-state index contributed by atoms with van der Waals surface area (Å²) in [5.74, 6) is 1.22. The summed E-state index contributed by atoms with van der Waals surface area (Å²) in [5, 5.41) is 5.33. The summed E-state index contributed by atoms with van der Waals surface area (Å²) in [5.41, 5.74) is 1.00. The number of amides is 1. The fraction of sp³-hybridized carbons (Fsp3) is 0.533. The molecule has 0 spiro atoms. The smallest absolute Gasteiger partial charge is 0.238 e. The van der Waals surface area contributed by atoms with Crippen molar-refractivity contribution in [1.82, 2.24) is 4.90 Å². The molecular weight excluding hydrogens is 320 g/mol. The Morgan fingerprint density at radius 1 is 1.36 bits per heavy atom. The highest BCUT2D eigenvalue weighted by Crippen LogP contribution is 2.32. The van der Waals surface area contributed by atoms with Gasteiger partial charge in [0.05, 0.1) is 16.0 Å². The van der Waals surface area contributed by atoms with Crippen LogP contribution in [-0.2, 0) is 21.2 Å². The monoisotopic (exact) mass is 342 g/mol. The lowest BCUT2D eigenvalue weighted by Crippen LogP contribution is -2.37. The van der Waals surface area contributed by atoms with Gasteiger partial charge in [0.25, 0.3) is 0 Å². The van der Waals surface area contributed by atoms with E-state index in [1.807, 2.05) is 4.90 Å². The quantitative estimate of drug-likeness (QED) is 0.855. The molecule has 122 valence electrons. The molecule has 1 saturated heterocycles. The molecule has 1 heterocycles. The van der Waals surface area contributed by atoms with Crippen molar-refractivity contribution in [2.45, 2.75) is 37.0 Å². The van der Waals surface area contributed by atoms with E-state index in [1.54, 1.807) is 23.9 Å². The Morgan fingerprint density at radius 3 is 2.55 bits per heavy atom. The molecule has 7 heteroatoms. The van der Waals surface area contributed by atoms with Crippen LogP contribution in [0.25, 0.3) is 0 Å². The molecule has 5 nitrogen and oxygen atoms in total. The van der Waals surface area contributed by atoms with Crippen molar-refractivity contribution in [2.24, 2.45) is 11.1 Å². The zero-order chi connectivity index (χ0) is 16.3. The Kier molecular flexibility index (Phi) is 5.52. The zero-order valence-corrected chi connectivity index (χ0v) is 14.5. The molecule has 0 aromatic heterocycles. The lowest BCUT2D eigenvalue weighted by atomic mass is 10.1. The fourth-order valence-corrected chi connectivity index (χ4v) is 4.41. The van der Waals surface area contributed by atoms with Crippen molar-refractivity contribution < 1.29 is 13.2 Å². The molecule has 0 radical (unpaired) electrons. The average Bonchev–Trinajstić information content (AvgIpc) is 2.85. The van der Waals surface area contributed by atoms with Gasteiger partial charge in [0.1, 0.15) is 0 Å². The minimum atomic E-state index is -3.65. The van der Waals surface area contributed by atoms with E-state index in [0.717, 1.165) is 12.0 Å². The van der Waals surface area contributed by atoms with Crippen molar-refractivity contribution in [1.29, 1.82) is 0 Å². The lowest BCUT2D eigenvalue weighted by Gasteiger charge is -2.28. The first-order valence-electron chi connectivity index (χ1n) is 7.35. The molecule has 1 aliphatic heterocycles. The number of nitrogens with two attached hydrogens (primary N) is 1. The largest absolute Gasteiger partial charge is 0.329 e. The van der Waals surface area contributed by atoms with E-state index in [2.05, 4.69) is 13.8 Å². The highest BCUT2D eigenvalue weighted by molar-refractivity contribution is 8.01. The third-order valence-corrected chi connectivity index (χ3v) is 6.43. The number of primary sulfonamides is 1. The van der Waals surface area contributed by atoms with E-state index in [9.17, 15) is 13.2 Å². The maximum atomic E-state index is 12.0. The standard InChI is InChI=1S/C15H22N2O3S2/c1-3-11(2)15-17(14(18)10-21-15)9-8-12-4-6-13(7-5-12)22(16,19)20/h4-7,11,15H,3,8-10H2,1-2H3,(H2,16,19,20). The molecule has 1 fully saturated rings. The molecule has 0 saturated carbocycles. The number of carbonyl (C=O) groups is 1. The SMILES string of the molecule is CCC(C)C1SCC(=O)N1CCc1ccc(S(N)(=O)=O)cc1. The number of hydrogen-bond donors (Lipinski definition) is 1. The summed E-state index contributed by atoms with van der Waals surface area (Å²) < 4.78 is 22.5. The topological polar surface area (TPSA) is 80.5 Å². The summed E-state index contributed by atoms with van der Waals surface area (Å²) >= 11 is 1.71. The van der Waals surface area contributed by atoms with Crippen LogP contribution < -0.4 is 5.14 Å². The van der Waals surface area contributed by atoms with Crippen LogP contribution >= 0.6 is 11.8 Å². The maximum Gasteiger partial charge on any atom is 0.238 e. The number of sulfonamides is 1. The minimum Gasteiger partial charge on any atom is -0.329 e. The van der Waals surface area contributed by atoms with Crippen LogP contribution in [0.3, 0.4) is 0 Å². The molecule has 2 N–H and O–H groups in total. The Hall–Kier alpha value is -1.05. The normalized spacial score (nSPS) is 20.4. The van der Waals surface area contributed by atoms with Gasteiger partial charge < -0.3 is 4.90 Å². The fourth-order valence-electron chi connectivity index (χ4n) is 2.49. The van der Waals surface area contributed by atoms with Crippen molar-refractivity contribution in [3.8, 4) is 0 Å². The third-order valence-electron chi connectivity index (χ3n) is 4.03. The summed E-state index contributed by atoms with van der Waals surface area (Å²) in [4.78, 5) is 14.1. The number of benzene rings is 1. The van der Waals surface area contributed by atoms with E-state index < -0.39 is 10.0 Å². The molecular formula is C15H22N2O3S2. The lowest BCUT2D eigenvalue weighted by molar-refractivity contribution is -0.128. The number of hydrogen-bond acceptors (Lipinski definition) is 4. The zero-order valence-electron chi connectivity index (χ0n) is 12.9. The van der Waals surface area contributed by atoms with Gasteiger partial charge >= 0.3 is 0 Å². The van der Waals surface area contributed by atoms with Crippen LogP contribution in [-0.4, -0.2) is 36.9 Å². The van der Waals surface area contributed by atoms with Crippen molar-refractivity contribution in [2.75, 3.05) is 12.3 Å². The highest BCUT2D eigenvalue weighted by atomic mass is 32.2. The van der Waals surface area contributed by atoms with E-state index in [-0.39, 0.29) is 16.2 Å². The molecule has 0 bridgehead atoms.